The molecule has 1 aliphatic heterocycles. The zero-order valence-electron chi connectivity index (χ0n) is 20.9. The summed E-state index contributed by atoms with van der Waals surface area (Å²) in [6, 6.07) is 19.5. The van der Waals surface area contributed by atoms with Gasteiger partial charge in [-0.3, -0.25) is 0 Å². The Balaban J connectivity index is 1.27. The van der Waals surface area contributed by atoms with E-state index >= 15 is 0 Å². The van der Waals surface area contributed by atoms with Crippen molar-refractivity contribution in [3.05, 3.63) is 83.9 Å². The van der Waals surface area contributed by atoms with Crippen molar-refractivity contribution in [1.82, 2.24) is 24.8 Å². The van der Waals surface area contributed by atoms with Crippen molar-refractivity contribution in [2.75, 3.05) is 25.0 Å². The van der Waals surface area contributed by atoms with Gasteiger partial charge in [0, 0.05) is 37.2 Å². The van der Waals surface area contributed by atoms with Crippen LogP contribution in [0.15, 0.2) is 67.3 Å². The minimum absolute atomic E-state index is 0.822. The van der Waals surface area contributed by atoms with Gasteiger partial charge in [0.15, 0.2) is 12.3 Å². The molecule has 5 aromatic rings. The van der Waals surface area contributed by atoms with Gasteiger partial charge >= 0.3 is 0 Å². The molecule has 1 aliphatic rings. The molecule has 0 saturated carbocycles. The van der Waals surface area contributed by atoms with Crippen LogP contribution in [0.5, 0.6) is 0 Å². The Kier molecular flexibility index (Phi) is 5.70. The molecule has 0 saturated heterocycles. The number of nitrogens with one attached hydrogen (secondary N) is 2. The van der Waals surface area contributed by atoms with E-state index in [1.54, 1.807) is 6.33 Å². The third-order valence-corrected chi connectivity index (χ3v) is 7.07. The number of hydrogen-bond donors (Lipinski definition) is 2. The highest BCUT2D eigenvalue weighted by Gasteiger charge is 2.19. The Bertz CT molecular complexity index is 1630. The van der Waals surface area contributed by atoms with Gasteiger partial charge in [-0.1, -0.05) is 12.1 Å². The van der Waals surface area contributed by atoms with E-state index in [2.05, 4.69) is 98.6 Å². The molecule has 0 spiro atoms. The Labute approximate surface area is 210 Å². The molecular formula is C29H30N7+. The van der Waals surface area contributed by atoms with Crippen LogP contribution in [-0.4, -0.2) is 49.4 Å². The van der Waals surface area contributed by atoms with Crippen molar-refractivity contribution in [2.45, 2.75) is 20.3 Å². The van der Waals surface area contributed by atoms with Crippen LogP contribution >= 0.6 is 0 Å². The number of anilines is 2. The summed E-state index contributed by atoms with van der Waals surface area (Å²) in [6.07, 6.45) is 4.36. The number of imidazole rings is 1. The lowest BCUT2D eigenvalue weighted by Crippen LogP contribution is -2.38. The van der Waals surface area contributed by atoms with Gasteiger partial charge in [0.25, 0.3) is 0 Å². The smallest absolute Gasteiger partial charge is 0.206 e. The number of fused-ring (bicyclic) bond motifs is 2. The molecule has 0 unspecified atom stereocenters. The van der Waals surface area contributed by atoms with Crippen molar-refractivity contribution in [2.24, 2.45) is 7.05 Å². The largest absolute Gasteiger partial charge is 0.340 e. The molecule has 7 nitrogen and oxygen atoms in total. The highest BCUT2D eigenvalue weighted by atomic mass is 15.1. The molecule has 0 fully saturated rings. The van der Waals surface area contributed by atoms with E-state index in [1.165, 1.54) is 28.1 Å². The van der Waals surface area contributed by atoms with Gasteiger partial charge in [-0.2, -0.15) is 4.58 Å². The molecular weight excluding hydrogens is 446 g/mol. The highest BCUT2D eigenvalue weighted by molar-refractivity contribution is 5.92. The first-order valence-corrected chi connectivity index (χ1v) is 12.4. The number of benzene rings is 3. The molecule has 0 bridgehead atoms. The first kappa shape index (κ1) is 22.4. The van der Waals surface area contributed by atoms with Gasteiger partial charge in [0.1, 0.15) is 12.1 Å². The minimum atomic E-state index is 0.822. The number of hydrogen-bond acceptors (Lipinski definition) is 5. The molecule has 36 heavy (non-hydrogen) atoms. The van der Waals surface area contributed by atoms with Crippen molar-refractivity contribution < 1.29 is 4.58 Å². The van der Waals surface area contributed by atoms with Gasteiger partial charge in [-0.25, -0.2) is 15.0 Å². The second-order valence-corrected chi connectivity index (χ2v) is 9.61. The van der Waals surface area contributed by atoms with Gasteiger partial charge in [0.2, 0.25) is 5.69 Å². The van der Waals surface area contributed by atoms with E-state index in [0.717, 1.165) is 59.5 Å². The lowest BCUT2D eigenvalue weighted by atomic mass is 9.99. The predicted molar refractivity (Wildman–Crippen MR) is 146 cm³/mol. The normalized spacial score (nSPS) is 14.1. The van der Waals surface area contributed by atoms with Gasteiger partial charge in [-0.05, 0) is 60.4 Å². The molecule has 0 amide bonds. The van der Waals surface area contributed by atoms with Crippen molar-refractivity contribution in [1.29, 1.82) is 0 Å². The molecule has 6 rings (SSSR count). The first-order chi connectivity index (χ1) is 17.5. The summed E-state index contributed by atoms with van der Waals surface area (Å²) in [5.41, 5.74) is 10.4. The fourth-order valence-electron chi connectivity index (χ4n) is 5.03. The van der Waals surface area contributed by atoms with E-state index in [-0.39, 0.29) is 0 Å². The van der Waals surface area contributed by atoms with Crippen LogP contribution in [0.25, 0.3) is 21.9 Å². The Morgan fingerprint density at radius 1 is 0.972 bits per heavy atom. The molecule has 3 heterocycles. The van der Waals surface area contributed by atoms with E-state index in [4.69, 9.17) is 0 Å². The molecule has 0 radical (unpaired) electrons. The molecule has 7 heteroatoms. The van der Waals surface area contributed by atoms with Crippen molar-refractivity contribution in [3.8, 4) is 0 Å². The zero-order valence-corrected chi connectivity index (χ0v) is 20.9. The Morgan fingerprint density at radius 3 is 2.75 bits per heavy atom. The lowest BCUT2D eigenvalue weighted by Gasteiger charge is -2.15. The number of rotatable bonds is 5. The quantitative estimate of drug-likeness (QED) is 0.354. The average molecular weight is 477 g/mol. The fourth-order valence-corrected chi connectivity index (χ4v) is 5.03. The van der Waals surface area contributed by atoms with Crippen LogP contribution in [0.1, 0.15) is 23.6 Å². The number of nitrogens with zero attached hydrogens (tertiary/aromatic N) is 5. The summed E-state index contributed by atoms with van der Waals surface area (Å²) >= 11 is 0. The summed E-state index contributed by atoms with van der Waals surface area (Å²) in [4.78, 5) is 13.6. The topological polar surface area (TPSA) is 70.7 Å². The third-order valence-electron chi connectivity index (χ3n) is 7.07. The molecule has 0 atom stereocenters. The number of aromatic nitrogens is 4. The summed E-state index contributed by atoms with van der Waals surface area (Å²) in [7, 11) is 2.02. The zero-order chi connectivity index (χ0) is 24.6. The molecule has 180 valence electrons. The second-order valence-electron chi connectivity index (χ2n) is 9.61. The summed E-state index contributed by atoms with van der Waals surface area (Å²) in [6.45, 7) is 7.19. The van der Waals surface area contributed by atoms with Crippen molar-refractivity contribution in [3.63, 3.8) is 0 Å². The maximum Gasteiger partial charge on any atom is 0.206 e. The first-order valence-electron chi connectivity index (χ1n) is 12.4. The second kappa shape index (κ2) is 9.17. The maximum atomic E-state index is 4.59. The molecule has 0 aliphatic carbocycles. The van der Waals surface area contributed by atoms with Crippen molar-refractivity contribution >= 4 is 44.8 Å². The van der Waals surface area contributed by atoms with E-state index in [1.807, 2.05) is 17.9 Å². The van der Waals surface area contributed by atoms with Crippen LogP contribution in [0.4, 0.5) is 17.2 Å². The summed E-state index contributed by atoms with van der Waals surface area (Å²) in [5, 5.41) is 8.00. The monoisotopic (exact) mass is 476 g/mol. The van der Waals surface area contributed by atoms with Gasteiger partial charge in [-0.15, -0.1) is 0 Å². The summed E-state index contributed by atoms with van der Waals surface area (Å²) < 4.78 is 4.42. The Morgan fingerprint density at radius 2 is 1.89 bits per heavy atom. The summed E-state index contributed by atoms with van der Waals surface area (Å²) in [5.74, 6) is 0.822. The molecule has 2 N–H and O–H groups in total. The van der Waals surface area contributed by atoms with E-state index in [9.17, 15) is 0 Å². The van der Waals surface area contributed by atoms with Crippen LogP contribution < -0.4 is 10.6 Å². The van der Waals surface area contributed by atoms with E-state index in [0.29, 0.717) is 0 Å². The predicted octanol–water partition coefficient (Wildman–Crippen LogP) is 4.87. The van der Waals surface area contributed by atoms with Crippen LogP contribution in [0.2, 0.25) is 0 Å². The van der Waals surface area contributed by atoms with Crippen LogP contribution in [0.3, 0.4) is 0 Å². The average Bonchev–Trinajstić information content (AvgIpc) is 3.26. The van der Waals surface area contributed by atoms with E-state index < -0.39 is 0 Å². The minimum Gasteiger partial charge on any atom is -0.340 e. The SMILES string of the molecule is CC1=[N+](c2ccc3ncnc(Nc4ccc(Cc5ccc6c(c5)ncn6C)c(C)c4)c3c2)CCNC1. The maximum absolute atomic E-state index is 4.59. The lowest BCUT2D eigenvalue weighted by molar-refractivity contribution is -0.444. The van der Waals surface area contributed by atoms with Gasteiger partial charge < -0.3 is 15.2 Å². The molecule has 2 aromatic heterocycles. The Hall–Kier alpha value is -4.10. The van der Waals surface area contributed by atoms with Crippen LogP contribution in [0, 0.1) is 6.92 Å². The van der Waals surface area contributed by atoms with Gasteiger partial charge in [0.05, 0.1) is 36.0 Å². The standard InChI is InChI=1S/C29H30N7/c1-19-12-23(6-5-22(19)13-21-4-9-28-27(14-21)33-18-35(28)3)34-29-25-15-24(7-8-26(25)31-17-32-29)36-11-10-30-16-20(36)2/h4-9,12,14-15,17-18,30H,10-11,13,16H2,1-3H3,(H,31,32,34)/q+1. The fraction of sp³-hybridized carbons (Fsp3) is 0.241. The highest BCUT2D eigenvalue weighted by Crippen LogP contribution is 2.28. The molecule has 3 aromatic carbocycles. The third kappa shape index (κ3) is 4.22. The van der Waals surface area contributed by atoms with Crippen LogP contribution in [-0.2, 0) is 13.5 Å². The number of aryl methyl sites for hydroxylation is 2.